The largest absolute Gasteiger partial charge is 0.275 e. The van der Waals surface area contributed by atoms with E-state index in [-0.39, 0.29) is 5.41 Å². The van der Waals surface area contributed by atoms with Crippen LogP contribution in [0.15, 0.2) is 237 Å². The molecule has 13 aromatic rings. The molecule has 0 N–H and O–H groups in total. The Morgan fingerprint density at radius 2 is 0.757 bits per heavy atom. The number of hydrogen-bond acceptors (Lipinski definition) is 2. The normalized spacial score (nSPS) is 12.8. The van der Waals surface area contributed by atoms with Gasteiger partial charge in [-0.2, -0.15) is 0 Å². The number of hydrogen-bond donors (Lipinski definition) is 0. The Labute approximate surface area is 406 Å². The van der Waals surface area contributed by atoms with Gasteiger partial charge in [-0.1, -0.05) is 220 Å². The maximum absolute atomic E-state index is 4.85. The van der Waals surface area contributed by atoms with Crippen molar-refractivity contribution < 1.29 is 0 Å². The summed E-state index contributed by atoms with van der Waals surface area (Å²) in [6.07, 6.45) is 0. The van der Waals surface area contributed by atoms with E-state index in [1.54, 1.807) is 0 Å². The van der Waals surface area contributed by atoms with Crippen molar-refractivity contribution in [3.05, 3.63) is 248 Å². The summed E-state index contributed by atoms with van der Waals surface area (Å²) in [6.45, 7) is 4.78. The second kappa shape index (κ2) is 15.6. The lowest BCUT2D eigenvalue weighted by atomic mass is 9.79. The number of fused-ring (bicyclic) bond motifs is 8. The summed E-state index contributed by atoms with van der Waals surface area (Å²) in [6, 6.07) is 86.7. The molecule has 0 amide bonds. The Bertz CT molecular complexity index is 4190. The van der Waals surface area contributed by atoms with E-state index in [0.717, 1.165) is 34.0 Å². The second-order valence-electron chi connectivity index (χ2n) is 19.3. The molecule has 1 aromatic heterocycles. The summed E-state index contributed by atoms with van der Waals surface area (Å²) < 4.78 is 2.17. The van der Waals surface area contributed by atoms with Gasteiger partial charge in [-0.05, 0) is 140 Å². The molecule has 3 nitrogen and oxygen atoms in total. The highest BCUT2D eigenvalue weighted by molar-refractivity contribution is 6.26. The first-order valence-electron chi connectivity index (χ1n) is 24.2. The monoisotopic (exact) mass is 891 g/mol. The van der Waals surface area contributed by atoms with E-state index in [1.165, 1.54) is 104 Å². The van der Waals surface area contributed by atoms with E-state index >= 15 is 0 Å². The minimum Gasteiger partial charge on any atom is -0.275 e. The lowest BCUT2D eigenvalue weighted by molar-refractivity contribution is 0.661. The average Bonchev–Trinajstić information content (AvgIpc) is 3.96. The molecule has 0 aliphatic heterocycles. The molecule has 0 saturated heterocycles. The van der Waals surface area contributed by atoms with E-state index in [2.05, 4.69) is 231 Å². The smallest absolute Gasteiger partial charge is 0.168 e. The summed E-state index contributed by atoms with van der Waals surface area (Å²) in [5.41, 5.74) is 15.6. The molecule has 0 radical (unpaired) electrons. The molecule has 0 atom stereocenters. The minimum absolute atomic E-state index is 0.181. The predicted octanol–water partition coefficient (Wildman–Crippen LogP) is 17.7. The molecule has 0 spiro atoms. The molecule has 0 bridgehead atoms. The van der Waals surface area contributed by atoms with Crippen molar-refractivity contribution in [2.45, 2.75) is 19.3 Å². The summed E-state index contributed by atoms with van der Waals surface area (Å²) in [7, 11) is 0. The van der Waals surface area contributed by atoms with Gasteiger partial charge >= 0.3 is 0 Å². The summed E-state index contributed by atoms with van der Waals surface area (Å²) in [5.74, 6) is 1.60. The van der Waals surface area contributed by atoms with Gasteiger partial charge < -0.3 is 0 Å². The molecule has 12 aromatic carbocycles. The van der Waals surface area contributed by atoms with Gasteiger partial charge in [0.2, 0.25) is 0 Å². The molecule has 328 valence electrons. The van der Waals surface area contributed by atoms with Crippen LogP contribution in [-0.2, 0) is 5.41 Å². The van der Waals surface area contributed by atoms with Crippen LogP contribution in [0, 0.1) is 0 Å². The van der Waals surface area contributed by atoms with Crippen LogP contribution in [0.2, 0.25) is 0 Å². The predicted molar refractivity (Wildman–Crippen MR) is 294 cm³/mol. The Morgan fingerprint density at radius 1 is 0.300 bits per heavy atom. The van der Waals surface area contributed by atoms with Crippen LogP contribution in [0.3, 0.4) is 0 Å². The van der Waals surface area contributed by atoms with Crippen LogP contribution in [0.25, 0.3) is 127 Å². The second-order valence-corrected chi connectivity index (χ2v) is 19.3. The highest BCUT2D eigenvalue weighted by Gasteiger charge is 2.36. The van der Waals surface area contributed by atoms with Gasteiger partial charge in [0, 0.05) is 22.2 Å². The van der Waals surface area contributed by atoms with Crippen LogP contribution < -0.4 is 0 Å². The average molecular weight is 892 g/mol. The molecule has 3 heteroatoms. The van der Waals surface area contributed by atoms with E-state index < -0.39 is 0 Å². The molecule has 0 unspecified atom stereocenters. The molecule has 1 aliphatic carbocycles. The Morgan fingerprint density at radius 3 is 1.39 bits per heavy atom. The lowest BCUT2D eigenvalue weighted by Gasteiger charge is -2.24. The summed E-state index contributed by atoms with van der Waals surface area (Å²) >= 11 is 0. The fraction of sp³-hybridized carbons (Fsp3) is 0.0448. The first kappa shape index (κ1) is 40.2. The number of rotatable bonds is 6. The van der Waals surface area contributed by atoms with Gasteiger partial charge in [0.05, 0.1) is 0 Å². The number of aromatic nitrogens is 3. The van der Waals surface area contributed by atoms with Crippen molar-refractivity contribution in [3.8, 4) is 73.0 Å². The van der Waals surface area contributed by atoms with Crippen LogP contribution >= 0.6 is 0 Å². The van der Waals surface area contributed by atoms with Crippen molar-refractivity contribution in [1.29, 1.82) is 0 Å². The van der Waals surface area contributed by atoms with Crippen molar-refractivity contribution in [2.24, 2.45) is 0 Å². The van der Waals surface area contributed by atoms with E-state index in [0.29, 0.717) is 0 Å². The molecule has 0 fully saturated rings. The fourth-order valence-corrected chi connectivity index (χ4v) is 11.9. The molecule has 1 aliphatic rings. The number of nitrogens with zero attached hydrogens (tertiary/aromatic N) is 3. The van der Waals surface area contributed by atoms with Gasteiger partial charge in [0.15, 0.2) is 11.6 Å². The molecular formula is C67H45N3. The maximum atomic E-state index is 4.85. The molecule has 14 rings (SSSR count). The summed E-state index contributed by atoms with van der Waals surface area (Å²) in [5, 5.41) is 22.1. The first-order valence-corrected chi connectivity index (χ1v) is 24.2. The van der Waals surface area contributed by atoms with Crippen molar-refractivity contribution in [1.82, 2.24) is 14.8 Å². The molecule has 0 saturated carbocycles. The van der Waals surface area contributed by atoms with E-state index in [9.17, 15) is 0 Å². The van der Waals surface area contributed by atoms with Crippen molar-refractivity contribution in [2.75, 3.05) is 0 Å². The highest BCUT2D eigenvalue weighted by atomic mass is 15.3. The van der Waals surface area contributed by atoms with Crippen LogP contribution in [0.5, 0.6) is 0 Å². The zero-order valence-corrected chi connectivity index (χ0v) is 38.9. The third-order valence-electron chi connectivity index (χ3n) is 15.1. The zero-order chi connectivity index (χ0) is 46.5. The highest BCUT2D eigenvalue weighted by Crippen LogP contribution is 2.54. The van der Waals surface area contributed by atoms with Gasteiger partial charge in [-0.25, -0.2) is 0 Å². The van der Waals surface area contributed by atoms with Gasteiger partial charge in [0.25, 0.3) is 0 Å². The van der Waals surface area contributed by atoms with Crippen molar-refractivity contribution >= 4 is 53.9 Å². The third kappa shape index (κ3) is 6.01. The Hall–Kier alpha value is -8.92. The molecule has 1 heterocycles. The van der Waals surface area contributed by atoms with Gasteiger partial charge in [0.1, 0.15) is 0 Å². The maximum Gasteiger partial charge on any atom is 0.168 e. The fourth-order valence-electron chi connectivity index (χ4n) is 11.9. The quantitative estimate of drug-likeness (QED) is 0.156. The lowest BCUT2D eigenvalue weighted by Crippen LogP contribution is -2.14. The van der Waals surface area contributed by atoms with E-state index in [1.807, 2.05) is 24.3 Å². The van der Waals surface area contributed by atoms with Crippen LogP contribution in [0.1, 0.15) is 25.0 Å². The topological polar surface area (TPSA) is 30.7 Å². The van der Waals surface area contributed by atoms with Crippen LogP contribution in [-0.4, -0.2) is 14.8 Å². The third-order valence-corrected chi connectivity index (χ3v) is 15.1. The summed E-state index contributed by atoms with van der Waals surface area (Å²) in [4.78, 5) is 0. The zero-order valence-electron chi connectivity index (χ0n) is 38.9. The Kier molecular flexibility index (Phi) is 8.93. The SMILES string of the molecule is CC1(C)c2ccccc2-c2cc3c(-c4ccc(-c5nnc(-c6ccccc6)n5-c5ccccc5)cc4)c4ccccc4c(-c4ccc(-c5c6ccccc6cc6ccccc56)c5ccccc45)c3cc21. The Balaban J connectivity index is 1.03. The number of para-hydroxylation sites is 1. The van der Waals surface area contributed by atoms with Crippen LogP contribution in [0.4, 0.5) is 0 Å². The number of benzene rings is 12. The van der Waals surface area contributed by atoms with Gasteiger partial charge in [-0.15, -0.1) is 10.2 Å². The minimum atomic E-state index is -0.181. The van der Waals surface area contributed by atoms with Crippen molar-refractivity contribution in [3.63, 3.8) is 0 Å². The van der Waals surface area contributed by atoms with E-state index in [4.69, 9.17) is 10.2 Å². The standard InChI is InChI=1S/C67H45N3/c1-67(2)60-32-18-17-29-52(60)57-40-58-59(41-61(57)67)64(56-38-37-55(50-27-13-14-28-51(50)56)63-48-25-11-9-21-45(48)39-46-22-10-12-26-49(46)63)54-31-16-15-30-53(54)62(58)42-33-35-44(36-34-42)66-69-68-65(43-19-5-3-6-20-43)70(66)47-23-7-4-8-24-47/h3-41H,1-2H3. The molecular weight excluding hydrogens is 847 g/mol. The van der Waals surface area contributed by atoms with Gasteiger partial charge in [-0.3, -0.25) is 4.57 Å². The first-order chi connectivity index (χ1) is 34.5. The molecule has 70 heavy (non-hydrogen) atoms.